The van der Waals surface area contributed by atoms with Crippen molar-refractivity contribution in [3.63, 3.8) is 0 Å². The standard InChI is InChI=1S/C20H22BrNO4/c1-4-13-7-6-8-14(5-2)19(13)22-18(23)12-26-20(24)16-11-15(25-3)9-10-17(16)21/h6-11H,4-5,12H2,1-3H3,(H,22,23). The van der Waals surface area contributed by atoms with Gasteiger partial charge in [-0.25, -0.2) is 4.79 Å². The highest BCUT2D eigenvalue weighted by molar-refractivity contribution is 9.10. The Bertz CT molecular complexity index is 782. The van der Waals surface area contributed by atoms with E-state index in [4.69, 9.17) is 9.47 Å². The van der Waals surface area contributed by atoms with Gasteiger partial charge in [-0.2, -0.15) is 0 Å². The zero-order valence-electron chi connectivity index (χ0n) is 15.1. The zero-order valence-corrected chi connectivity index (χ0v) is 16.7. The van der Waals surface area contributed by atoms with Crippen molar-refractivity contribution in [1.82, 2.24) is 0 Å². The molecule has 0 aliphatic rings. The van der Waals surface area contributed by atoms with Gasteiger partial charge >= 0.3 is 5.97 Å². The normalized spacial score (nSPS) is 10.3. The van der Waals surface area contributed by atoms with Crippen molar-refractivity contribution in [2.75, 3.05) is 19.0 Å². The molecule has 6 heteroatoms. The van der Waals surface area contributed by atoms with E-state index in [0.717, 1.165) is 29.7 Å². The second-order valence-electron chi connectivity index (χ2n) is 5.63. The van der Waals surface area contributed by atoms with Crippen LogP contribution in [0.5, 0.6) is 5.75 Å². The SMILES string of the molecule is CCc1cccc(CC)c1NC(=O)COC(=O)c1cc(OC)ccc1Br. The molecule has 0 spiro atoms. The third-order valence-electron chi connectivity index (χ3n) is 3.99. The lowest BCUT2D eigenvalue weighted by atomic mass is 10.0. The first-order valence-electron chi connectivity index (χ1n) is 8.41. The molecule has 0 aliphatic carbocycles. The molecular weight excluding hydrogens is 398 g/mol. The van der Waals surface area contributed by atoms with Gasteiger partial charge in [0.1, 0.15) is 5.75 Å². The van der Waals surface area contributed by atoms with Gasteiger partial charge in [0.25, 0.3) is 5.91 Å². The molecule has 0 unspecified atom stereocenters. The maximum atomic E-state index is 12.3. The summed E-state index contributed by atoms with van der Waals surface area (Å²) in [6.45, 7) is 3.71. The molecule has 0 radical (unpaired) electrons. The average molecular weight is 420 g/mol. The Kier molecular flexibility index (Phi) is 7.21. The summed E-state index contributed by atoms with van der Waals surface area (Å²) in [7, 11) is 1.52. The summed E-state index contributed by atoms with van der Waals surface area (Å²) in [5.41, 5.74) is 3.22. The van der Waals surface area contributed by atoms with Gasteiger partial charge in [0, 0.05) is 10.2 Å². The number of halogens is 1. The minimum absolute atomic E-state index is 0.306. The van der Waals surface area contributed by atoms with Crippen molar-refractivity contribution in [2.45, 2.75) is 26.7 Å². The number of esters is 1. The van der Waals surface area contributed by atoms with Crippen molar-refractivity contribution in [3.05, 3.63) is 57.6 Å². The molecule has 0 saturated carbocycles. The smallest absolute Gasteiger partial charge is 0.339 e. The summed E-state index contributed by atoms with van der Waals surface area (Å²) in [5, 5.41) is 2.87. The van der Waals surface area contributed by atoms with E-state index in [9.17, 15) is 9.59 Å². The zero-order chi connectivity index (χ0) is 19.1. The second kappa shape index (κ2) is 9.38. The van der Waals surface area contributed by atoms with E-state index in [1.165, 1.54) is 7.11 Å². The van der Waals surface area contributed by atoms with Crippen LogP contribution < -0.4 is 10.1 Å². The van der Waals surface area contributed by atoms with E-state index in [-0.39, 0.29) is 12.5 Å². The van der Waals surface area contributed by atoms with E-state index < -0.39 is 5.97 Å². The number of para-hydroxylation sites is 1. The van der Waals surface area contributed by atoms with Crippen LogP contribution in [0, 0.1) is 0 Å². The molecule has 2 aromatic carbocycles. The monoisotopic (exact) mass is 419 g/mol. The maximum absolute atomic E-state index is 12.3. The molecule has 0 aromatic heterocycles. The van der Waals surface area contributed by atoms with E-state index >= 15 is 0 Å². The molecule has 0 saturated heterocycles. The van der Waals surface area contributed by atoms with Crippen molar-refractivity contribution in [2.24, 2.45) is 0 Å². The molecule has 2 rings (SSSR count). The number of nitrogens with one attached hydrogen (secondary N) is 1. The van der Waals surface area contributed by atoms with Crippen molar-refractivity contribution in [3.8, 4) is 5.75 Å². The molecule has 1 amide bonds. The summed E-state index contributed by atoms with van der Waals surface area (Å²) >= 11 is 3.30. The van der Waals surface area contributed by atoms with Gasteiger partial charge in [-0.1, -0.05) is 32.0 Å². The number of carbonyl (C=O) groups excluding carboxylic acids is 2. The highest BCUT2D eigenvalue weighted by atomic mass is 79.9. The first kappa shape index (κ1) is 20.0. The molecule has 2 aromatic rings. The van der Waals surface area contributed by atoms with Crippen LogP contribution in [0.25, 0.3) is 0 Å². The van der Waals surface area contributed by atoms with Crippen LogP contribution in [0.3, 0.4) is 0 Å². The predicted octanol–water partition coefficient (Wildman–Crippen LogP) is 4.38. The summed E-state index contributed by atoms with van der Waals surface area (Å²) in [6.07, 6.45) is 1.61. The van der Waals surface area contributed by atoms with Gasteiger partial charge in [0.15, 0.2) is 6.61 Å². The second-order valence-corrected chi connectivity index (χ2v) is 6.48. The number of hydrogen-bond donors (Lipinski definition) is 1. The number of carbonyl (C=O) groups is 2. The lowest BCUT2D eigenvalue weighted by Crippen LogP contribution is -2.22. The molecule has 26 heavy (non-hydrogen) atoms. The van der Waals surface area contributed by atoms with E-state index in [0.29, 0.717) is 15.8 Å². The molecule has 0 fully saturated rings. The molecule has 1 N–H and O–H groups in total. The first-order valence-corrected chi connectivity index (χ1v) is 9.20. The lowest BCUT2D eigenvalue weighted by Gasteiger charge is -2.14. The van der Waals surface area contributed by atoms with Crippen LogP contribution >= 0.6 is 15.9 Å². The number of ether oxygens (including phenoxy) is 2. The molecule has 0 atom stereocenters. The van der Waals surface area contributed by atoms with E-state index in [1.807, 2.05) is 32.0 Å². The van der Waals surface area contributed by atoms with Crippen LogP contribution in [0.2, 0.25) is 0 Å². The van der Waals surface area contributed by atoms with Crippen molar-refractivity contribution in [1.29, 1.82) is 0 Å². The molecule has 138 valence electrons. The highest BCUT2D eigenvalue weighted by Crippen LogP contribution is 2.24. The Labute approximate surface area is 161 Å². The quantitative estimate of drug-likeness (QED) is 0.676. The van der Waals surface area contributed by atoms with Crippen LogP contribution in [0.1, 0.15) is 35.3 Å². The van der Waals surface area contributed by atoms with E-state index in [1.54, 1.807) is 18.2 Å². The maximum Gasteiger partial charge on any atom is 0.339 e. The number of anilines is 1. The number of aryl methyl sites for hydroxylation is 2. The van der Waals surface area contributed by atoms with Crippen molar-refractivity contribution < 1.29 is 19.1 Å². The Morgan fingerprint density at radius 2 is 1.73 bits per heavy atom. The summed E-state index contributed by atoms with van der Waals surface area (Å²) < 4.78 is 10.8. The summed E-state index contributed by atoms with van der Waals surface area (Å²) in [6, 6.07) is 10.9. The Balaban J connectivity index is 2.05. The van der Waals surface area contributed by atoms with Gasteiger partial charge < -0.3 is 14.8 Å². The Hall–Kier alpha value is -2.34. The lowest BCUT2D eigenvalue weighted by molar-refractivity contribution is -0.119. The minimum Gasteiger partial charge on any atom is -0.497 e. The number of amides is 1. The van der Waals surface area contributed by atoms with Crippen LogP contribution in [0.4, 0.5) is 5.69 Å². The van der Waals surface area contributed by atoms with Crippen LogP contribution in [-0.4, -0.2) is 25.6 Å². The van der Waals surface area contributed by atoms with Gasteiger partial charge in [0.2, 0.25) is 0 Å². The highest BCUT2D eigenvalue weighted by Gasteiger charge is 2.16. The first-order chi connectivity index (χ1) is 12.5. The van der Waals surface area contributed by atoms with E-state index in [2.05, 4.69) is 21.2 Å². The van der Waals surface area contributed by atoms with Crippen molar-refractivity contribution >= 4 is 33.5 Å². The average Bonchev–Trinajstić information content (AvgIpc) is 2.66. The van der Waals surface area contributed by atoms with Crippen LogP contribution in [-0.2, 0) is 22.4 Å². The van der Waals surface area contributed by atoms with Crippen LogP contribution in [0.15, 0.2) is 40.9 Å². The fourth-order valence-corrected chi connectivity index (χ4v) is 2.98. The topological polar surface area (TPSA) is 64.6 Å². The third-order valence-corrected chi connectivity index (χ3v) is 4.68. The minimum atomic E-state index is -0.592. The number of benzene rings is 2. The number of methoxy groups -OCH3 is 1. The molecule has 0 aliphatic heterocycles. The number of rotatable bonds is 7. The summed E-state index contributed by atoms with van der Waals surface area (Å²) in [5.74, 6) is -0.424. The van der Waals surface area contributed by atoms with Gasteiger partial charge in [-0.15, -0.1) is 0 Å². The van der Waals surface area contributed by atoms with Gasteiger partial charge in [-0.3, -0.25) is 4.79 Å². The van der Waals surface area contributed by atoms with Gasteiger partial charge in [0.05, 0.1) is 12.7 Å². The number of hydrogen-bond acceptors (Lipinski definition) is 4. The molecule has 5 nitrogen and oxygen atoms in total. The summed E-state index contributed by atoms with van der Waals surface area (Å²) in [4.78, 5) is 24.5. The largest absolute Gasteiger partial charge is 0.497 e. The Morgan fingerprint density at radius 1 is 1.08 bits per heavy atom. The molecule has 0 heterocycles. The molecular formula is C20H22BrNO4. The fraction of sp³-hybridized carbons (Fsp3) is 0.300. The fourth-order valence-electron chi connectivity index (χ4n) is 2.58. The Morgan fingerprint density at radius 3 is 2.31 bits per heavy atom. The van der Waals surface area contributed by atoms with Gasteiger partial charge in [-0.05, 0) is 58.1 Å². The third kappa shape index (κ3) is 4.85. The predicted molar refractivity (Wildman–Crippen MR) is 105 cm³/mol. The molecule has 0 bridgehead atoms.